The van der Waals surface area contributed by atoms with Gasteiger partial charge in [0, 0.05) is 0 Å². The van der Waals surface area contributed by atoms with E-state index in [-0.39, 0.29) is 5.92 Å². The van der Waals surface area contributed by atoms with Crippen molar-refractivity contribution in [1.82, 2.24) is 0 Å². The van der Waals surface area contributed by atoms with E-state index in [1.165, 1.54) is 0 Å². The van der Waals surface area contributed by atoms with Gasteiger partial charge in [0.25, 0.3) is 0 Å². The topological polar surface area (TPSA) is 26.0 Å². The van der Waals surface area contributed by atoms with Crippen LogP contribution >= 0.6 is 0 Å². The molecule has 0 saturated carbocycles. The van der Waals surface area contributed by atoms with E-state index in [1.807, 2.05) is 38.1 Å². The second-order valence-corrected chi connectivity index (χ2v) is 4.43. The molecule has 1 aromatic carbocycles. The summed E-state index contributed by atoms with van der Waals surface area (Å²) >= 11 is 0. The number of benzene rings is 1. The molecular formula is C13H20FN. The van der Waals surface area contributed by atoms with Gasteiger partial charge in [0.1, 0.15) is 5.67 Å². The number of rotatable bonds is 4. The molecule has 15 heavy (non-hydrogen) atoms. The van der Waals surface area contributed by atoms with Crippen molar-refractivity contribution in [3.8, 4) is 0 Å². The summed E-state index contributed by atoms with van der Waals surface area (Å²) in [5.41, 5.74) is 6.06. The molecule has 1 nitrogen and oxygen atoms in total. The standard InChI is InChI=1S/C13H20FN/c1-10(2)13(3,14)12-7-5-4-6-11(12)8-9-15/h4-7,10H,8-9,15H2,1-3H3. The maximum absolute atomic E-state index is 14.5. The Kier molecular flexibility index (Phi) is 3.86. The molecule has 0 spiro atoms. The van der Waals surface area contributed by atoms with Gasteiger partial charge in [-0.05, 0) is 36.9 Å². The average molecular weight is 209 g/mol. The van der Waals surface area contributed by atoms with E-state index in [0.29, 0.717) is 6.54 Å². The van der Waals surface area contributed by atoms with Crippen LogP contribution in [0.5, 0.6) is 0 Å². The smallest absolute Gasteiger partial charge is 0.135 e. The zero-order valence-electron chi connectivity index (χ0n) is 9.76. The van der Waals surface area contributed by atoms with Gasteiger partial charge >= 0.3 is 0 Å². The van der Waals surface area contributed by atoms with Crippen molar-refractivity contribution in [2.24, 2.45) is 11.7 Å². The van der Waals surface area contributed by atoms with Crippen molar-refractivity contribution in [2.75, 3.05) is 6.54 Å². The first-order chi connectivity index (χ1) is 7.00. The predicted octanol–water partition coefficient (Wildman–Crippen LogP) is 3.03. The average Bonchev–Trinajstić information content (AvgIpc) is 2.18. The SMILES string of the molecule is CC(C)C(C)(F)c1ccccc1CCN. The van der Waals surface area contributed by atoms with Gasteiger partial charge in [-0.3, -0.25) is 0 Å². The van der Waals surface area contributed by atoms with Gasteiger partial charge in [0.05, 0.1) is 0 Å². The third kappa shape index (κ3) is 2.57. The molecule has 1 rings (SSSR count). The summed E-state index contributed by atoms with van der Waals surface area (Å²) in [4.78, 5) is 0. The number of nitrogens with two attached hydrogens (primary N) is 1. The molecule has 0 amide bonds. The summed E-state index contributed by atoms with van der Waals surface area (Å²) < 4.78 is 14.5. The zero-order valence-corrected chi connectivity index (χ0v) is 9.76. The van der Waals surface area contributed by atoms with Gasteiger partial charge < -0.3 is 5.73 Å². The quantitative estimate of drug-likeness (QED) is 0.810. The lowest BCUT2D eigenvalue weighted by molar-refractivity contribution is 0.122. The lowest BCUT2D eigenvalue weighted by Gasteiger charge is -2.27. The van der Waals surface area contributed by atoms with Crippen molar-refractivity contribution < 1.29 is 4.39 Å². The number of alkyl halides is 1. The van der Waals surface area contributed by atoms with E-state index in [4.69, 9.17) is 5.73 Å². The minimum Gasteiger partial charge on any atom is -0.330 e. The van der Waals surface area contributed by atoms with Crippen molar-refractivity contribution in [1.29, 1.82) is 0 Å². The maximum Gasteiger partial charge on any atom is 0.135 e. The fourth-order valence-electron chi connectivity index (χ4n) is 1.68. The minimum atomic E-state index is -1.27. The van der Waals surface area contributed by atoms with E-state index in [9.17, 15) is 4.39 Å². The van der Waals surface area contributed by atoms with Crippen LogP contribution in [0.1, 0.15) is 31.9 Å². The van der Waals surface area contributed by atoms with E-state index in [0.717, 1.165) is 17.5 Å². The maximum atomic E-state index is 14.5. The Morgan fingerprint density at radius 1 is 1.33 bits per heavy atom. The molecule has 0 aliphatic rings. The van der Waals surface area contributed by atoms with Crippen LogP contribution in [0.25, 0.3) is 0 Å². The molecule has 84 valence electrons. The van der Waals surface area contributed by atoms with E-state index in [2.05, 4.69) is 0 Å². The molecule has 0 radical (unpaired) electrons. The molecule has 2 N–H and O–H groups in total. The first kappa shape index (κ1) is 12.2. The predicted molar refractivity (Wildman–Crippen MR) is 62.5 cm³/mol. The lowest BCUT2D eigenvalue weighted by atomic mass is 9.83. The van der Waals surface area contributed by atoms with E-state index in [1.54, 1.807) is 6.92 Å². The molecule has 0 fully saturated rings. The fraction of sp³-hybridized carbons (Fsp3) is 0.538. The van der Waals surface area contributed by atoms with Crippen LogP contribution < -0.4 is 5.73 Å². The van der Waals surface area contributed by atoms with Crippen LogP contribution in [0, 0.1) is 5.92 Å². The lowest BCUT2D eigenvalue weighted by Crippen LogP contribution is -2.25. The van der Waals surface area contributed by atoms with Gasteiger partial charge in [-0.25, -0.2) is 4.39 Å². The summed E-state index contributed by atoms with van der Waals surface area (Å²) in [6, 6.07) is 7.65. The van der Waals surface area contributed by atoms with E-state index < -0.39 is 5.67 Å². The highest BCUT2D eigenvalue weighted by atomic mass is 19.1. The fourth-order valence-corrected chi connectivity index (χ4v) is 1.68. The summed E-state index contributed by atoms with van der Waals surface area (Å²) in [6.45, 7) is 6.01. The summed E-state index contributed by atoms with van der Waals surface area (Å²) in [7, 11) is 0. The van der Waals surface area contributed by atoms with Crippen molar-refractivity contribution in [2.45, 2.75) is 32.9 Å². The Balaban J connectivity index is 3.12. The molecule has 0 aliphatic heterocycles. The summed E-state index contributed by atoms with van der Waals surface area (Å²) in [5, 5.41) is 0. The second kappa shape index (κ2) is 4.75. The number of halogens is 1. The molecule has 1 atom stereocenters. The van der Waals surface area contributed by atoms with Crippen LogP contribution in [0.3, 0.4) is 0 Å². The zero-order chi connectivity index (χ0) is 11.5. The number of hydrogen-bond acceptors (Lipinski definition) is 1. The molecule has 0 aromatic heterocycles. The van der Waals surface area contributed by atoms with Crippen molar-refractivity contribution in [3.63, 3.8) is 0 Å². The third-order valence-corrected chi connectivity index (χ3v) is 3.04. The first-order valence-electron chi connectivity index (χ1n) is 5.47. The monoisotopic (exact) mass is 209 g/mol. The van der Waals surface area contributed by atoms with Gasteiger partial charge in [0.2, 0.25) is 0 Å². The Morgan fingerprint density at radius 3 is 2.47 bits per heavy atom. The van der Waals surface area contributed by atoms with Gasteiger partial charge in [-0.15, -0.1) is 0 Å². The third-order valence-electron chi connectivity index (χ3n) is 3.04. The normalized spacial score (nSPS) is 15.3. The Bertz CT molecular complexity index is 318. The molecule has 0 bridgehead atoms. The highest BCUT2D eigenvalue weighted by Crippen LogP contribution is 2.35. The Labute approximate surface area is 91.5 Å². The number of hydrogen-bond donors (Lipinski definition) is 1. The largest absolute Gasteiger partial charge is 0.330 e. The van der Waals surface area contributed by atoms with Gasteiger partial charge in [0.15, 0.2) is 0 Å². The van der Waals surface area contributed by atoms with Crippen LogP contribution in [0.4, 0.5) is 4.39 Å². The molecular weight excluding hydrogens is 189 g/mol. The molecule has 0 saturated heterocycles. The second-order valence-electron chi connectivity index (χ2n) is 4.43. The van der Waals surface area contributed by atoms with E-state index >= 15 is 0 Å². The molecule has 0 aliphatic carbocycles. The molecule has 1 unspecified atom stereocenters. The van der Waals surface area contributed by atoms with Gasteiger partial charge in [-0.2, -0.15) is 0 Å². The van der Waals surface area contributed by atoms with Crippen LogP contribution in [-0.4, -0.2) is 6.54 Å². The Hall–Kier alpha value is -0.890. The minimum absolute atomic E-state index is 0.0311. The Morgan fingerprint density at radius 2 is 1.93 bits per heavy atom. The highest BCUT2D eigenvalue weighted by molar-refractivity contribution is 5.32. The summed E-state index contributed by atoms with van der Waals surface area (Å²) in [5.74, 6) is -0.0311. The van der Waals surface area contributed by atoms with Crippen LogP contribution in [-0.2, 0) is 12.1 Å². The summed E-state index contributed by atoms with van der Waals surface area (Å²) in [6.07, 6.45) is 0.738. The molecule has 0 heterocycles. The first-order valence-corrected chi connectivity index (χ1v) is 5.47. The molecule has 2 heteroatoms. The highest BCUT2D eigenvalue weighted by Gasteiger charge is 2.31. The van der Waals surface area contributed by atoms with Crippen molar-refractivity contribution >= 4 is 0 Å². The van der Waals surface area contributed by atoms with Crippen molar-refractivity contribution in [3.05, 3.63) is 35.4 Å². The molecule has 1 aromatic rings. The van der Waals surface area contributed by atoms with Crippen LogP contribution in [0.2, 0.25) is 0 Å². The van der Waals surface area contributed by atoms with Crippen LogP contribution in [0.15, 0.2) is 24.3 Å². The van der Waals surface area contributed by atoms with Gasteiger partial charge in [-0.1, -0.05) is 38.1 Å².